The Morgan fingerprint density at radius 1 is 0.757 bits per heavy atom. The van der Waals surface area contributed by atoms with Crippen LogP contribution in [0.4, 0.5) is 13.2 Å². The highest BCUT2D eigenvalue weighted by Crippen LogP contribution is 2.69. The van der Waals surface area contributed by atoms with Gasteiger partial charge in [-0.25, -0.2) is 0 Å². The molecule has 6 aliphatic carbocycles. The Labute approximate surface area is 222 Å². The van der Waals surface area contributed by atoms with Gasteiger partial charge in [-0.15, -0.1) is 0 Å². The third-order valence-corrected chi connectivity index (χ3v) is 14.3. The van der Waals surface area contributed by atoms with Gasteiger partial charge in [0, 0.05) is 0 Å². The zero-order valence-electron chi connectivity index (χ0n) is 23.5. The minimum atomic E-state index is -4.52. The van der Waals surface area contributed by atoms with Crippen molar-refractivity contribution in [1.29, 1.82) is 0 Å². The van der Waals surface area contributed by atoms with Crippen LogP contribution in [0.1, 0.15) is 130 Å². The van der Waals surface area contributed by atoms with E-state index in [9.17, 15) is 23.4 Å². The molecule has 37 heavy (non-hydrogen) atoms. The minimum Gasteiger partial charge on any atom is -0.390 e. The first-order chi connectivity index (χ1) is 17.2. The van der Waals surface area contributed by atoms with Crippen LogP contribution < -0.4 is 0 Å². The lowest BCUT2D eigenvalue weighted by molar-refractivity contribution is -0.290. The van der Waals surface area contributed by atoms with Crippen LogP contribution >= 0.6 is 0 Å². The molecule has 0 saturated heterocycles. The third kappa shape index (κ3) is 4.25. The van der Waals surface area contributed by atoms with Crippen LogP contribution in [-0.4, -0.2) is 27.6 Å². The molecule has 6 fully saturated rings. The fourth-order valence-corrected chi connectivity index (χ4v) is 11.3. The number of hydrogen-bond donors (Lipinski definition) is 2. The second-order valence-corrected chi connectivity index (χ2v) is 15.9. The quantitative estimate of drug-likeness (QED) is 0.387. The highest BCUT2D eigenvalue weighted by Gasteiger charge is 2.65. The van der Waals surface area contributed by atoms with Crippen molar-refractivity contribution in [2.45, 2.75) is 147 Å². The average Bonchev–Trinajstić information content (AvgIpc) is 3.51. The zero-order valence-corrected chi connectivity index (χ0v) is 23.5. The predicted molar refractivity (Wildman–Crippen MR) is 140 cm³/mol. The van der Waals surface area contributed by atoms with Crippen LogP contribution in [0.25, 0.3) is 0 Å². The first-order valence-electron chi connectivity index (χ1n) is 15.7. The molecular formula is C32H51F3O2. The highest BCUT2D eigenvalue weighted by atomic mass is 19.4. The number of rotatable bonds is 4. The molecule has 2 N–H and O–H groups in total. The van der Waals surface area contributed by atoms with E-state index in [0.29, 0.717) is 46.8 Å². The summed E-state index contributed by atoms with van der Waals surface area (Å²) in [4.78, 5) is 0. The molecule has 0 bridgehead atoms. The predicted octanol–water partition coefficient (Wildman–Crippen LogP) is 8.44. The lowest BCUT2D eigenvalue weighted by atomic mass is 9.43. The fraction of sp³-hybridized carbons (Fsp3) is 1.00. The molecule has 0 aromatic rings. The lowest BCUT2D eigenvalue weighted by Gasteiger charge is -2.62. The zero-order chi connectivity index (χ0) is 26.5. The van der Waals surface area contributed by atoms with Gasteiger partial charge in [0.1, 0.15) is 0 Å². The Hall–Kier alpha value is -0.290. The molecule has 0 aromatic heterocycles. The van der Waals surface area contributed by atoms with Crippen LogP contribution in [0, 0.1) is 51.8 Å². The lowest BCUT2D eigenvalue weighted by Crippen LogP contribution is -2.59. The minimum absolute atomic E-state index is 0.0133. The van der Waals surface area contributed by atoms with Crippen LogP contribution in [-0.2, 0) is 0 Å². The van der Waals surface area contributed by atoms with E-state index in [2.05, 4.69) is 20.8 Å². The first kappa shape index (κ1) is 26.9. The van der Waals surface area contributed by atoms with E-state index in [1.165, 1.54) is 44.9 Å². The van der Waals surface area contributed by atoms with Gasteiger partial charge < -0.3 is 10.2 Å². The molecule has 9 atom stereocenters. The highest BCUT2D eigenvalue weighted by molar-refractivity contribution is 5.12. The van der Waals surface area contributed by atoms with Crippen molar-refractivity contribution in [3.8, 4) is 0 Å². The van der Waals surface area contributed by atoms with E-state index >= 15 is 0 Å². The summed E-state index contributed by atoms with van der Waals surface area (Å²) >= 11 is 0. The maximum Gasteiger partial charge on any atom is 0.417 e. The van der Waals surface area contributed by atoms with Gasteiger partial charge in [-0.3, -0.25) is 0 Å². The SMILES string of the molecule is C[C@H](CCC1(O)CCC2(CC1)CC2)[C@H]1CC[C@H]2[C@@H]3CC[C@H]4C[C@](O)(C(F)(F)F)CC[C@]4(C)[C@H]3CC[C@]12C. The summed E-state index contributed by atoms with van der Waals surface area (Å²) in [5, 5.41) is 21.8. The molecular weight excluding hydrogens is 473 g/mol. The van der Waals surface area contributed by atoms with Crippen molar-refractivity contribution in [2.75, 3.05) is 0 Å². The number of hydrogen-bond acceptors (Lipinski definition) is 2. The van der Waals surface area contributed by atoms with Crippen molar-refractivity contribution >= 4 is 0 Å². The maximum atomic E-state index is 13.7. The van der Waals surface area contributed by atoms with E-state index in [4.69, 9.17) is 0 Å². The molecule has 2 nitrogen and oxygen atoms in total. The van der Waals surface area contributed by atoms with Gasteiger partial charge >= 0.3 is 6.18 Å². The second kappa shape index (κ2) is 8.60. The third-order valence-electron chi connectivity index (χ3n) is 14.3. The van der Waals surface area contributed by atoms with E-state index in [1.54, 1.807) is 0 Å². The molecule has 0 aliphatic heterocycles. The summed E-state index contributed by atoms with van der Waals surface area (Å²) in [5.41, 5.74) is -2.04. The summed E-state index contributed by atoms with van der Waals surface area (Å²) in [6.45, 7) is 7.26. The van der Waals surface area contributed by atoms with E-state index in [-0.39, 0.29) is 24.2 Å². The fourth-order valence-electron chi connectivity index (χ4n) is 11.3. The summed E-state index contributed by atoms with van der Waals surface area (Å²) in [5.74, 6) is 3.14. The van der Waals surface area contributed by atoms with Crippen LogP contribution in [0.5, 0.6) is 0 Å². The molecule has 0 heterocycles. The Bertz CT molecular complexity index is 872. The van der Waals surface area contributed by atoms with Gasteiger partial charge in [0.25, 0.3) is 0 Å². The van der Waals surface area contributed by atoms with E-state index < -0.39 is 17.4 Å². The molecule has 0 aromatic carbocycles. The van der Waals surface area contributed by atoms with Gasteiger partial charge in [-0.1, -0.05) is 20.8 Å². The van der Waals surface area contributed by atoms with Gasteiger partial charge in [-0.2, -0.15) is 13.2 Å². The van der Waals surface area contributed by atoms with E-state index in [1.807, 2.05) is 0 Å². The van der Waals surface area contributed by atoms with Crippen molar-refractivity contribution in [2.24, 2.45) is 51.8 Å². The van der Waals surface area contributed by atoms with Gasteiger partial charge in [0.05, 0.1) is 5.60 Å². The molecule has 6 saturated carbocycles. The van der Waals surface area contributed by atoms with Crippen molar-refractivity contribution in [3.63, 3.8) is 0 Å². The normalized spacial score (nSPS) is 49.1. The standard InChI is InChI=1S/C32H51F3O2/c1-21(8-11-30(36)17-15-29(13-14-29)16-18-30)24-6-7-25-23-5-4-22-20-31(37,32(33,34)35)19-12-27(22,2)26(23)9-10-28(24,25)3/h21-26,36-37H,4-20H2,1-3H3/t21-,22+,23+,24-,25+,26+,27+,28-,31+/m1/s1. The number of halogens is 3. The molecule has 1 spiro atoms. The molecule has 0 amide bonds. The monoisotopic (exact) mass is 524 g/mol. The Morgan fingerprint density at radius 3 is 2.05 bits per heavy atom. The molecule has 6 rings (SSSR count). The summed E-state index contributed by atoms with van der Waals surface area (Å²) in [7, 11) is 0. The smallest absolute Gasteiger partial charge is 0.390 e. The number of fused-ring (bicyclic) bond motifs is 5. The molecule has 212 valence electrons. The molecule has 6 aliphatic rings. The summed E-state index contributed by atoms with van der Waals surface area (Å²) < 4.78 is 41.0. The molecule has 0 radical (unpaired) electrons. The van der Waals surface area contributed by atoms with Gasteiger partial charge in [0.2, 0.25) is 0 Å². The Morgan fingerprint density at radius 2 is 1.41 bits per heavy atom. The van der Waals surface area contributed by atoms with Crippen LogP contribution in [0.3, 0.4) is 0 Å². The molecule has 0 unspecified atom stereocenters. The Kier molecular flexibility index (Phi) is 6.26. The van der Waals surface area contributed by atoms with Gasteiger partial charge in [-0.05, 0) is 161 Å². The number of aliphatic hydroxyl groups is 2. The van der Waals surface area contributed by atoms with Crippen LogP contribution in [0.2, 0.25) is 0 Å². The molecule has 5 heteroatoms. The van der Waals surface area contributed by atoms with Crippen LogP contribution in [0.15, 0.2) is 0 Å². The van der Waals surface area contributed by atoms with Crippen molar-refractivity contribution in [1.82, 2.24) is 0 Å². The maximum absolute atomic E-state index is 13.7. The largest absolute Gasteiger partial charge is 0.417 e. The summed E-state index contributed by atoms with van der Waals surface area (Å²) in [6, 6.07) is 0. The number of alkyl halides is 3. The van der Waals surface area contributed by atoms with E-state index in [0.717, 1.165) is 44.9 Å². The summed E-state index contributed by atoms with van der Waals surface area (Å²) in [6.07, 6.45) is 11.8. The van der Waals surface area contributed by atoms with Crippen molar-refractivity contribution < 1.29 is 23.4 Å². The topological polar surface area (TPSA) is 40.5 Å². The van der Waals surface area contributed by atoms with Crippen molar-refractivity contribution in [3.05, 3.63) is 0 Å². The van der Waals surface area contributed by atoms with Gasteiger partial charge in [0.15, 0.2) is 5.60 Å². The average molecular weight is 525 g/mol. The first-order valence-corrected chi connectivity index (χ1v) is 15.7. The Balaban J connectivity index is 1.11. The second-order valence-electron chi connectivity index (χ2n) is 15.9.